The first kappa shape index (κ1) is 13.7. The third-order valence-corrected chi connectivity index (χ3v) is 3.98. The molecular weight excluding hydrogens is 284 g/mol. The van der Waals surface area contributed by atoms with Crippen LogP contribution in [0.25, 0.3) is 0 Å². The molecule has 98 valence electrons. The monoisotopic (exact) mass is 294 g/mol. The standard InChI is InChI=1S/C13H11ClN2O2S/c1-15-11-8-13(10(14)7-12(11)16(17)18)19-9-5-3-2-4-6-9/h2-8,15H,1H3. The van der Waals surface area contributed by atoms with Crippen molar-refractivity contribution in [1.29, 1.82) is 0 Å². The van der Waals surface area contributed by atoms with E-state index in [0.717, 1.165) is 9.79 Å². The molecule has 19 heavy (non-hydrogen) atoms. The molecule has 2 aromatic rings. The van der Waals surface area contributed by atoms with Gasteiger partial charge in [-0.05, 0) is 18.2 Å². The molecule has 0 unspecified atom stereocenters. The van der Waals surface area contributed by atoms with Crippen LogP contribution in [0.3, 0.4) is 0 Å². The molecule has 4 nitrogen and oxygen atoms in total. The van der Waals surface area contributed by atoms with E-state index in [1.54, 1.807) is 13.1 Å². The van der Waals surface area contributed by atoms with E-state index in [4.69, 9.17) is 11.6 Å². The molecule has 0 saturated carbocycles. The molecule has 0 aromatic heterocycles. The summed E-state index contributed by atoms with van der Waals surface area (Å²) in [6.07, 6.45) is 0. The van der Waals surface area contributed by atoms with Crippen molar-refractivity contribution in [3.05, 3.63) is 57.6 Å². The van der Waals surface area contributed by atoms with Gasteiger partial charge in [-0.25, -0.2) is 0 Å². The zero-order valence-corrected chi connectivity index (χ0v) is 11.7. The molecule has 6 heteroatoms. The van der Waals surface area contributed by atoms with Gasteiger partial charge >= 0.3 is 0 Å². The van der Waals surface area contributed by atoms with Crippen molar-refractivity contribution in [1.82, 2.24) is 0 Å². The Kier molecular flexibility index (Phi) is 4.29. The maximum Gasteiger partial charge on any atom is 0.293 e. The Balaban J connectivity index is 2.39. The normalized spacial score (nSPS) is 10.2. The fraction of sp³-hybridized carbons (Fsp3) is 0.0769. The highest BCUT2D eigenvalue weighted by molar-refractivity contribution is 7.99. The largest absolute Gasteiger partial charge is 0.383 e. The number of hydrogen-bond donors (Lipinski definition) is 1. The smallest absolute Gasteiger partial charge is 0.293 e. The zero-order chi connectivity index (χ0) is 13.8. The molecule has 0 fully saturated rings. The van der Waals surface area contributed by atoms with Crippen LogP contribution in [0.5, 0.6) is 0 Å². The third kappa shape index (κ3) is 3.19. The highest BCUT2D eigenvalue weighted by Crippen LogP contribution is 2.39. The number of benzene rings is 2. The lowest BCUT2D eigenvalue weighted by Gasteiger charge is -2.08. The SMILES string of the molecule is CNc1cc(Sc2ccccc2)c(Cl)cc1[N+](=O)[O-]. The molecule has 0 spiro atoms. The van der Waals surface area contributed by atoms with Crippen LogP contribution in [-0.2, 0) is 0 Å². The van der Waals surface area contributed by atoms with E-state index in [2.05, 4.69) is 5.32 Å². The summed E-state index contributed by atoms with van der Waals surface area (Å²) in [7, 11) is 1.65. The second-order valence-electron chi connectivity index (χ2n) is 3.72. The van der Waals surface area contributed by atoms with Crippen molar-refractivity contribution in [3.8, 4) is 0 Å². The van der Waals surface area contributed by atoms with Gasteiger partial charge < -0.3 is 5.32 Å². The average Bonchev–Trinajstić information content (AvgIpc) is 2.41. The topological polar surface area (TPSA) is 55.2 Å². The fourth-order valence-corrected chi connectivity index (χ4v) is 2.74. The van der Waals surface area contributed by atoms with E-state index >= 15 is 0 Å². The van der Waals surface area contributed by atoms with Crippen LogP contribution in [0.2, 0.25) is 5.02 Å². The van der Waals surface area contributed by atoms with Crippen molar-refractivity contribution in [3.63, 3.8) is 0 Å². The first-order valence-electron chi connectivity index (χ1n) is 5.50. The van der Waals surface area contributed by atoms with Crippen molar-refractivity contribution in [2.24, 2.45) is 0 Å². The van der Waals surface area contributed by atoms with Gasteiger partial charge in [-0.15, -0.1) is 0 Å². The van der Waals surface area contributed by atoms with Gasteiger partial charge in [-0.2, -0.15) is 0 Å². The zero-order valence-electron chi connectivity index (χ0n) is 10.1. The minimum absolute atomic E-state index is 0.0232. The Bertz CT molecular complexity index is 605. The lowest BCUT2D eigenvalue weighted by atomic mass is 10.2. The number of hydrogen-bond acceptors (Lipinski definition) is 4. The van der Waals surface area contributed by atoms with E-state index in [-0.39, 0.29) is 5.69 Å². The number of nitro groups is 1. The Morgan fingerprint density at radius 2 is 1.95 bits per heavy atom. The molecule has 0 aliphatic carbocycles. The Morgan fingerprint density at radius 3 is 2.53 bits per heavy atom. The van der Waals surface area contributed by atoms with Crippen LogP contribution in [-0.4, -0.2) is 12.0 Å². The summed E-state index contributed by atoms with van der Waals surface area (Å²) in [5.74, 6) is 0. The molecule has 0 bridgehead atoms. The van der Waals surface area contributed by atoms with Gasteiger partial charge in [0.1, 0.15) is 5.69 Å². The first-order chi connectivity index (χ1) is 9.11. The summed E-state index contributed by atoms with van der Waals surface area (Å²) in [6, 6.07) is 12.8. The van der Waals surface area contributed by atoms with E-state index in [0.29, 0.717) is 10.7 Å². The van der Waals surface area contributed by atoms with Gasteiger partial charge in [0, 0.05) is 22.9 Å². The van der Waals surface area contributed by atoms with Crippen LogP contribution in [0.15, 0.2) is 52.3 Å². The number of nitrogens with one attached hydrogen (secondary N) is 1. The van der Waals surface area contributed by atoms with Crippen molar-refractivity contribution in [2.45, 2.75) is 9.79 Å². The summed E-state index contributed by atoms with van der Waals surface area (Å²) in [4.78, 5) is 12.3. The number of halogens is 1. The van der Waals surface area contributed by atoms with Crippen LogP contribution >= 0.6 is 23.4 Å². The Hall–Kier alpha value is -1.72. The predicted octanol–water partition coefficient (Wildman–Crippen LogP) is 4.44. The quantitative estimate of drug-likeness (QED) is 0.669. The maximum atomic E-state index is 10.9. The predicted molar refractivity (Wildman–Crippen MR) is 78.2 cm³/mol. The molecule has 0 aliphatic rings. The number of nitro benzene ring substituents is 1. The Labute approximate surface area is 119 Å². The van der Waals surface area contributed by atoms with Gasteiger partial charge in [0.05, 0.1) is 9.95 Å². The summed E-state index contributed by atoms with van der Waals surface area (Å²) in [5.41, 5.74) is 0.428. The van der Waals surface area contributed by atoms with Gasteiger partial charge in [0.15, 0.2) is 0 Å². The third-order valence-electron chi connectivity index (χ3n) is 2.49. The van der Waals surface area contributed by atoms with E-state index in [1.807, 2.05) is 30.3 Å². The molecule has 0 atom stereocenters. The van der Waals surface area contributed by atoms with Crippen LogP contribution in [0, 0.1) is 10.1 Å². The minimum Gasteiger partial charge on any atom is -0.383 e. The lowest BCUT2D eigenvalue weighted by Crippen LogP contribution is -1.97. The highest BCUT2D eigenvalue weighted by atomic mass is 35.5. The highest BCUT2D eigenvalue weighted by Gasteiger charge is 2.17. The molecule has 2 aromatic carbocycles. The molecule has 0 radical (unpaired) electrons. The van der Waals surface area contributed by atoms with Gasteiger partial charge in [-0.3, -0.25) is 10.1 Å². The summed E-state index contributed by atoms with van der Waals surface area (Å²) >= 11 is 7.57. The van der Waals surface area contributed by atoms with Crippen molar-refractivity contribution in [2.75, 3.05) is 12.4 Å². The van der Waals surface area contributed by atoms with Crippen LogP contribution in [0.1, 0.15) is 0 Å². The van der Waals surface area contributed by atoms with Gasteiger partial charge in [0.25, 0.3) is 5.69 Å². The maximum absolute atomic E-state index is 10.9. The molecule has 2 rings (SSSR count). The number of nitrogens with zero attached hydrogens (tertiary/aromatic N) is 1. The molecule has 0 amide bonds. The van der Waals surface area contributed by atoms with Crippen LogP contribution in [0.4, 0.5) is 11.4 Å². The van der Waals surface area contributed by atoms with Gasteiger partial charge in [0.2, 0.25) is 0 Å². The van der Waals surface area contributed by atoms with Crippen LogP contribution < -0.4 is 5.32 Å². The Morgan fingerprint density at radius 1 is 1.26 bits per heavy atom. The van der Waals surface area contributed by atoms with Crippen molar-refractivity contribution >= 4 is 34.7 Å². The van der Waals surface area contributed by atoms with E-state index in [9.17, 15) is 10.1 Å². The van der Waals surface area contributed by atoms with E-state index < -0.39 is 4.92 Å². The summed E-state index contributed by atoms with van der Waals surface area (Å²) in [6.45, 7) is 0. The first-order valence-corrected chi connectivity index (χ1v) is 6.70. The minimum atomic E-state index is -0.450. The lowest BCUT2D eigenvalue weighted by molar-refractivity contribution is -0.384. The van der Waals surface area contributed by atoms with Crippen molar-refractivity contribution < 1.29 is 4.92 Å². The summed E-state index contributed by atoms with van der Waals surface area (Å²) in [5, 5.41) is 14.1. The van der Waals surface area contributed by atoms with E-state index in [1.165, 1.54) is 17.8 Å². The molecule has 1 N–H and O–H groups in total. The number of anilines is 1. The summed E-state index contributed by atoms with van der Waals surface area (Å²) < 4.78 is 0. The van der Waals surface area contributed by atoms with Gasteiger partial charge in [-0.1, -0.05) is 41.6 Å². The molecule has 0 heterocycles. The average molecular weight is 295 g/mol. The second kappa shape index (κ2) is 5.95. The molecule has 0 aliphatic heterocycles. The fourth-order valence-electron chi connectivity index (χ4n) is 1.59. The molecule has 0 saturated heterocycles. The molecular formula is C13H11ClN2O2S. The number of rotatable bonds is 4. The second-order valence-corrected chi connectivity index (χ2v) is 5.24.